The molecule has 0 saturated heterocycles. The Bertz CT molecular complexity index is 1810. The molecule has 9 nitrogen and oxygen atoms in total. The van der Waals surface area contributed by atoms with E-state index in [4.69, 9.17) is 0 Å². The summed E-state index contributed by atoms with van der Waals surface area (Å²) < 4.78 is 39.4. The lowest BCUT2D eigenvalue weighted by Gasteiger charge is -2.20. The van der Waals surface area contributed by atoms with Crippen LogP contribution >= 0.6 is 0 Å². The number of aromatic nitrogens is 4. The molecule has 3 aromatic heterocycles. The molecule has 2 aromatic carbocycles. The zero-order valence-corrected chi connectivity index (χ0v) is 24.4. The van der Waals surface area contributed by atoms with Crippen LogP contribution in [0.2, 0.25) is 0 Å². The van der Waals surface area contributed by atoms with E-state index in [1.165, 1.54) is 18.5 Å². The summed E-state index contributed by atoms with van der Waals surface area (Å²) in [7, 11) is 5.79. The molecule has 0 spiro atoms. The summed E-state index contributed by atoms with van der Waals surface area (Å²) in [6.07, 6.45) is 0.310. The van der Waals surface area contributed by atoms with E-state index in [9.17, 15) is 18.0 Å². The highest BCUT2D eigenvalue weighted by atomic mass is 19.4. The van der Waals surface area contributed by atoms with Gasteiger partial charge in [-0.15, -0.1) is 0 Å². The number of nitrogens with zero attached hydrogens (tertiary/aromatic N) is 6. The van der Waals surface area contributed by atoms with Gasteiger partial charge in [-0.25, -0.2) is 19.9 Å². The van der Waals surface area contributed by atoms with Crippen LogP contribution in [-0.4, -0.2) is 47.0 Å². The predicted octanol–water partition coefficient (Wildman–Crippen LogP) is 7.09. The molecule has 0 unspecified atom stereocenters. The lowest BCUT2D eigenvalue weighted by Crippen LogP contribution is -2.15. The first-order valence-electron chi connectivity index (χ1n) is 13.5. The van der Waals surface area contributed by atoms with Crippen LogP contribution in [0.4, 0.5) is 47.7 Å². The van der Waals surface area contributed by atoms with Gasteiger partial charge in [0.25, 0.3) is 5.91 Å². The van der Waals surface area contributed by atoms with Gasteiger partial charge < -0.3 is 20.4 Å². The minimum absolute atomic E-state index is 0.102. The fraction of sp³-hybridized carbons (Fsp3) is 0.156. The van der Waals surface area contributed by atoms with E-state index in [0.29, 0.717) is 40.1 Å². The third-order valence-corrected chi connectivity index (χ3v) is 6.87. The third-order valence-electron chi connectivity index (χ3n) is 6.87. The number of amides is 1. The van der Waals surface area contributed by atoms with Crippen LogP contribution in [0.15, 0.2) is 91.5 Å². The Kier molecular flexibility index (Phi) is 8.43. The number of rotatable bonds is 8. The van der Waals surface area contributed by atoms with Gasteiger partial charge in [-0.3, -0.25) is 4.79 Å². The molecule has 3 heterocycles. The van der Waals surface area contributed by atoms with Crippen molar-refractivity contribution >= 4 is 40.4 Å². The average Bonchev–Trinajstić information content (AvgIpc) is 3.02. The van der Waals surface area contributed by atoms with Crippen molar-refractivity contribution in [3.05, 3.63) is 108 Å². The molecule has 44 heavy (non-hydrogen) atoms. The van der Waals surface area contributed by atoms with Crippen molar-refractivity contribution in [1.29, 1.82) is 0 Å². The minimum atomic E-state index is -4.55. The highest BCUT2D eigenvalue weighted by molar-refractivity contribution is 6.04. The second-order valence-corrected chi connectivity index (χ2v) is 10.2. The van der Waals surface area contributed by atoms with Crippen molar-refractivity contribution in [2.45, 2.75) is 13.1 Å². The van der Waals surface area contributed by atoms with E-state index < -0.39 is 17.6 Å². The number of halogens is 3. The van der Waals surface area contributed by atoms with Gasteiger partial charge in [0.05, 0.1) is 11.3 Å². The highest BCUT2D eigenvalue weighted by Gasteiger charge is 2.31. The number of carbonyl (C=O) groups excluding carboxylic acids is 1. The number of benzene rings is 2. The minimum Gasteiger partial charge on any atom is -0.378 e. The molecule has 0 aliphatic heterocycles. The summed E-state index contributed by atoms with van der Waals surface area (Å²) >= 11 is 0. The summed E-state index contributed by atoms with van der Waals surface area (Å²) in [6, 6.07) is 18.8. The van der Waals surface area contributed by atoms with Crippen molar-refractivity contribution in [2.75, 3.05) is 41.6 Å². The molecule has 12 heteroatoms. The second kappa shape index (κ2) is 12.4. The number of anilines is 6. The zero-order chi connectivity index (χ0) is 31.4. The fourth-order valence-corrected chi connectivity index (χ4v) is 4.38. The van der Waals surface area contributed by atoms with Gasteiger partial charge in [0.15, 0.2) is 0 Å². The van der Waals surface area contributed by atoms with Crippen LogP contribution in [0.1, 0.15) is 21.5 Å². The molecule has 1 amide bonds. The molecule has 0 saturated carbocycles. The number of pyridine rings is 2. The maximum Gasteiger partial charge on any atom is 0.416 e. The van der Waals surface area contributed by atoms with Crippen molar-refractivity contribution in [2.24, 2.45) is 0 Å². The standard InChI is InChI=1S/C32H29F3N8O/c1-20-10-11-23(40-31(44)21-7-5-8-22(15-21)32(33,34)35)16-26(20)41-30-25(9-6-13-37-30)27-18-29(39-19-38-27)43(4)28-17-24(42(2)3)12-14-36-28/h5-19H,1-4H3,(H,37,41)(H,40,44). The molecule has 0 aliphatic rings. The highest BCUT2D eigenvalue weighted by Crippen LogP contribution is 2.33. The molecule has 0 atom stereocenters. The number of carbonyl (C=O) groups is 1. The van der Waals surface area contributed by atoms with Crippen molar-refractivity contribution in [3.63, 3.8) is 0 Å². The van der Waals surface area contributed by atoms with Gasteiger partial charge in [0.2, 0.25) is 0 Å². The Hall–Kier alpha value is -5.52. The van der Waals surface area contributed by atoms with Crippen LogP contribution in [0.5, 0.6) is 0 Å². The smallest absolute Gasteiger partial charge is 0.378 e. The van der Waals surface area contributed by atoms with Gasteiger partial charge in [-0.05, 0) is 61.0 Å². The Morgan fingerprint density at radius 3 is 2.39 bits per heavy atom. The molecule has 5 rings (SSSR count). The van der Waals surface area contributed by atoms with Crippen LogP contribution in [-0.2, 0) is 6.18 Å². The van der Waals surface area contributed by atoms with Crippen LogP contribution < -0.4 is 20.4 Å². The third kappa shape index (κ3) is 6.75. The summed E-state index contributed by atoms with van der Waals surface area (Å²) in [4.78, 5) is 34.6. The molecule has 5 aromatic rings. The summed E-state index contributed by atoms with van der Waals surface area (Å²) in [5, 5.41) is 6.00. The summed E-state index contributed by atoms with van der Waals surface area (Å²) in [5.74, 6) is 1.19. The first-order chi connectivity index (χ1) is 21.0. The predicted molar refractivity (Wildman–Crippen MR) is 166 cm³/mol. The summed E-state index contributed by atoms with van der Waals surface area (Å²) in [5.41, 5.74) is 3.23. The normalized spacial score (nSPS) is 11.2. The van der Waals surface area contributed by atoms with Gasteiger partial charge in [-0.2, -0.15) is 13.2 Å². The van der Waals surface area contributed by atoms with E-state index in [-0.39, 0.29) is 5.56 Å². The van der Waals surface area contributed by atoms with Gasteiger partial charge >= 0.3 is 6.18 Å². The average molecular weight is 599 g/mol. The Balaban J connectivity index is 1.39. The van der Waals surface area contributed by atoms with Crippen LogP contribution in [0.3, 0.4) is 0 Å². The second-order valence-electron chi connectivity index (χ2n) is 10.2. The molecule has 0 bridgehead atoms. The number of hydrogen-bond acceptors (Lipinski definition) is 8. The molecule has 0 radical (unpaired) electrons. The molecule has 224 valence electrons. The first kappa shape index (κ1) is 30.0. The maximum absolute atomic E-state index is 13.1. The Morgan fingerprint density at radius 2 is 1.61 bits per heavy atom. The zero-order valence-electron chi connectivity index (χ0n) is 24.4. The van der Waals surface area contributed by atoms with E-state index in [2.05, 4.69) is 30.6 Å². The van der Waals surface area contributed by atoms with Gasteiger partial charge in [-0.1, -0.05) is 12.1 Å². The number of nitrogens with one attached hydrogen (secondary N) is 2. The van der Waals surface area contributed by atoms with Crippen LogP contribution in [0.25, 0.3) is 11.3 Å². The van der Waals surface area contributed by atoms with Crippen molar-refractivity contribution in [1.82, 2.24) is 19.9 Å². The van der Waals surface area contributed by atoms with E-state index >= 15 is 0 Å². The van der Waals surface area contributed by atoms with Gasteiger partial charge in [0.1, 0.15) is 23.8 Å². The molecular weight excluding hydrogens is 569 g/mol. The van der Waals surface area contributed by atoms with E-state index in [0.717, 1.165) is 23.4 Å². The molecular formula is C32H29F3N8O. The lowest BCUT2D eigenvalue weighted by atomic mass is 10.1. The van der Waals surface area contributed by atoms with E-state index in [1.54, 1.807) is 36.7 Å². The lowest BCUT2D eigenvalue weighted by molar-refractivity contribution is -0.137. The van der Waals surface area contributed by atoms with E-state index in [1.807, 2.05) is 62.1 Å². The van der Waals surface area contributed by atoms with Crippen molar-refractivity contribution < 1.29 is 18.0 Å². The van der Waals surface area contributed by atoms with Crippen LogP contribution in [0, 0.1) is 6.92 Å². The monoisotopic (exact) mass is 598 g/mol. The number of aryl methyl sites for hydroxylation is 1. The maximum atomic E-state index is 13.1. The largest absolute Gasteiger partial charge is 0.416 e. The molecule has 0 fully saturated rings. The fourth-order valence-electron chi connectivity index (χ4n) is 4.38. The summed E-state index contributed by atoms with van der Waals surface area (Å²) in [6.45, 7) is 1.88. The topological polar surface area (TPSA) is 99.2 Å². The SMILES string of the molecule is Cc1ccc(NC(=O)c2cccc(C(F)(F)F)c2)cc1Nc1ncccc1-c1cc(N(C)c2cc(N(C)C)ccn2)ncn1. The van der Waals surface area contributed by atoms with Crippen molar-refractivity contribution in [3.8, 4) is 11.3 Å². The number of alkyl halides is 3. The Morgan fingerprint density at radius 1 is 0.818 bits per heavy atom. The molecule has 0 aliphatic carbocycles. The first-order valence-corrected chi connectivity index (χ1v) is 13.5. The Labute approximate surface area is 252 Å². The quantitative estimate of drug-likeness (QED) is 0.195. The van der Waals surface area contributed by atoms with Gasteiger partial charge in [0, 0.05) is 73.9 Å². The molecule has 2 N–H and O–H groups in total. The number of hydrogen-bond donors (Lipinski definition) is 2.